The number of nitrogens with two attached hydrogens (primary N) is 1. The number of amides is 2. The number of alkyl halides is 2. The molecule has 3 aromatic rings. The van der Waals surface area contributed by atoms with Crippen LogP contribution < -0.4 is 5.73 Å². The van der Waals surface area contributed by atoms with Gasteiger partial charge < -0.3 is 15.7 Å². The molecule has 0 unspecified atom stereocenters. The molecule has 6 nitrogen and oxygen atoms in total. The van der Waals surface area contributed by atoms with Crippen LogP contribution in [0.1, 0.15) is 35.1 Å². The molecule has 5 rings (SSSR count). The molecular formula is C29H26ClF2N3O3. The van der Waals surface area contributed by atoms with E-state index in [0.717, 1.165) is 11.1 Å². The Kier molecular flexibility index (Phi) is 6.79. The zero-order valence-electron chi connectivity index (χ0n) is 20.4. The summed E-state index contributed by atoms with van der Waals surface area (Å²) >= 11 is 6.25. The fraction of sp³-hybridized carbons (Fsp3) is 0.276. The van der Waals surface area contributed by atoms with Crippen molar-refractivity contribution in [1.29, 1.82) is 0 Å². The maximum atomic E-state index is 14.3. The number of rotatable bonds is 7. The molecule has 1 fully saturated rings. The van der Waals surface area contributed by atoms with Crippen molar-refractivity contribution in [3.8, 4) is 11.1 Å². The summed E-state index contributed by atoms with van der Waals surface area (Å²) in [6.45, 7) is 0.165. The van der Waals surface area contributed by atoms with Crippen LogP contribution in [0.2, 0.25) is 5.02 Å². The molecule has 2 amide bonds. The van der Waals surface area contributed by atoms with Crippen molar-refractivity contribution >= 4 is 29.6 Å². The number of primary amides is 1. The molecular weight excluding hydrogens is 512 g/mol. The summed E-state index contributed by atoms with van der Waals surface area (Å²) in [5.41, 5.74) is 6.08. The van der Waals surface area contributed by atoms with Gasteiger partial charge in [-0.25, -0.2) is 8.78 Å². The van der Waals surface area contributed by atoms with Crippen molar-refractivity contribution in [3.05, 3.63) is 94.0 Å². The summed E-state index contributed by atoms with van der Waals surface area (Å²) < 4.78 is 25.3. The highest BCUT2D eigenvalue weighted by molar-refractivity contribution is 6.30. The third-order valence-corrected chi connectivity index (χ3v) is 7.79. The summed E-state index contributed by atoms with van der Waals surface area (Å²) in [5.74, 6) is -1.35. The van der Waals surface area contributed by atoms with Gasteiger partial charge in [0.1, 0.15) is 5.54 Å². The maximum Gasteiger partial charge on any atom is 0.273 e. The van der Waals surface area contributed by atoms with Crippen LogP contribution in [0.4, 0.5) is 8.78 Å². The number of halogens is 3. The predicted octanol–water partition coefficient (Wildman–Crippen LogP) is 4.48. The molecule has 3 aromatic carbocycles. The van der Waals surface area contributed by atoms with Gasteiger partial charge in [0.05, 0.1) is 12.8 Å². The number of hydrogen-bond donors (Lipinski definition) is 2. The van der Waals surface area contributed by atoms with Gasteiger partial charge in [-0.15, -0.1) is 0 Å². The lowest BCUT2D eigenvalue weighted by Gasteiger charge is -2.40. The number of hydrogen-bond acceptors (Lipinski definition) is 4. The van der Waals surface area contributed by atoms with Crippen LogP contribution in [-0.2, 0) is 28.2 Å². The van der Waals surface area contributed by atoms with Gasteiger partial charge in [0.25, 0.3) is 12.3 Å². The Labute approximate surface area is 223 Å². The molecule has 38 heavy (non-hydrogen) atoms. The van der Waals surface area contributed by atoms with E-state index in [4.69, 9.17) is 17.3 Å². The smallest absolute Gasteiger partial charge is 0.273 e. The summed E-state index contributed by atoms with van der Waals surface area (Å²) in [7, 11) is 0. The molecule has 1 saturated heterocycles. The van der Waals surface area contributed by atoms with Gasteiger partial charge >= 0.3 is 0 Å². The van der Waals surface area contributed by atoms with E-state index < -0.39 is 29.4 Å². The first-order valence-corrected chi connectivity index (χ1v) is 12.7. The lowest BCUT2D eigenvalue weighted by Crippen LogP contribution is -2.61. The average molecular weight is 538 g/mol. The van der Waals surface area contributed by atoms with Crippen molar-refractivity contribution in [2.75, 3.05) is 6.54 Å². The zero-order chi connectivity index (χ0) is 27.1. The number of likely N-dealkylation sites (tertiary alicyclic amines) is 1. The van der Waals surface area contributed by atoms with E-state index in [1.165, 1.54) is 4.90 Å². The lowest BCUT2D eigenvalue weighted by molar-refractivity contribution is -0.156. The van der Waals surface area contributed by atoms with Crippen LogP contribution in [0.15, 0.2) is 71.7 Å². The summed E-state index contributed by atoms with van der Waals surface area (Å²) in [6.07, 6.45) is -1.36. The highest BCUT2D eigenvalue weighted by atomic mass is 35.5. The highest BCUT2D eigenvalue weighted by Crippen LogP contribution is 2.50. The topological polar surface area (TPSA) is 96.0 Å². The number of carbonyl (C=O) groups excluding carboxylic acids is 2. The lowest BCUT2D eigenvalue weighted by atomic mass is 9.83. The zero-order valence-corrected chi connectivity index (χ0v) is 21.2. The van der Waals surface area contributed by atoms with Crippen LogP contribution in [0.5, 0.6) is 0 Å². The first-order valence-electron chi connectivity index (χ1n) is 12.3. The number of aliphatic imine (C=N–C) groups is 1. The molecule has 2 aliphatic rings. The molecule has 1 aliphatic carbocycles. The predicted molar refractivity (Wildman–Crippen MR) is 141 cm³/mol. The number of fused-ring (bicyclic) bond motifs is 3. The minimum atomic E-state index is -2.69. The first-order chi connectivity index (χ1) is 18.2. The summed E-state index contributed by atoms with van der Waals surface area (Å²) in [4.78, 5) is 32.7. The third-order valence-electron chi connectivity index (χ3n) is 7.56. The van der Waals surface area contributed by atoms with Crippen molar-refractivity contribution in [1.82, 2.24) is 4.90 Å². The Balaban J connectivity index is 1.57. The Bertz CT molecular complexity index is 1400. The van der Waals surface area contributed by atoms with Crippen LogP contribution in [0, 0.1) is 0 Å². The van der Waals surface area contributed by atoms with Gasteiger partial charge in [0.15, 0.2) is 5.60 Å². The van der Waals surface area contributed by atoms with Crippen molar-refractivity contribution in [2.45, 2.75) is 43.4 Å². The van der Waals surface area contributed by atoms with Gasteiger partial charge in [-0.2, -0.15) is 0 Å². The molecule has 0 aromatic heterocycles. The molecule has 1 aliphatic heterocycles. The van der Waals surface area contributed by atoms with E-state index in [9.17, 15) is 23.5 Å². The van der Waals surface area contributed by atoms with Crippen LogP contribution in [0.25, 0.3) is 11.1 Å². The Morgan fingerprint density at radius 3 is 2.29 bits per heavy atom. The number of carbonyl (C=O) groups is 2. The molecule has 0 saturated carbocycles. The standard InChI is InChI=1S/C29H26ClF2N3O3/c30-20-11-10-18(16-34-17-25(31)32)19(14-20)15-28(26(33)36)12-5-13-35(28)27(37)29(38)23-8-3-1-6-21(23)22-7-2-4-9-24(22)29/h1-4,6-11,14,17,25,38H,5,12-13,15-16H2,(H2,33,36)/t28-/m1/s1. The van der Waals surface area contributed by atoms with Gasteiger partial charge in [-0.1, -0.05) is 66.2 Å². The van der Waals surface area contributed by atoms with E-state index in [2.05, 4.69) is 4.99 Å². The van der Waals surface area contributed by atoms with Crippen molar-refractivity contribution in [2.24, 2.45) is 10.7 Å². The molecule has 9 heteroatoms. The fourth-order valence-corrected chi connectivity index (χ4v) is 5.99. The number of aliphatic hydroxyl groups is 1. The number of benzene rings is 3. The molecule has 1 heterocycles. The fourth-order valence-electron chi connectivity index (χ4n) is 5.80. The molecule has 196 valence electrons. The van der Waals surface area contributed by atoms with Gasteiger partial charge in [0, 0.05) is 29.1 Å². The largest absolute Gasteiger partial charge is 0.372 e. The van der Waals surface area contributed by atoms with Crippen molar-refractivity contribution < 1.29 is 23.5 Å². The molecule has 1 atom stereocenters. The molecule has 0 spiro atoms. The van der Waals surface area contributed by atoms with E-state index in [1.54, 1.807) is 42.5 Å². The Hall–Kier alpha value is -3.62. The molecule has 3 N–H and O–H groups in total. The van der Waals surface area contributed by atoms with E-state index >= 15 is 0 Å². The van der Waals surface area contributed by atoms with Crippen LogP contribution in [0.3, 0.4) is 0 Å². The second-order valence-corrected chi connectivity index (χ2v) is 10.1. The minimum absolute atomic E-state index is 0.00748. The summed E-state index contributed by atoms with van der Waals surface area (Å²) in [5, 5.41) is 12.5. The summed E-state index contributed by atoms with van der Waals surface area (Å²) in [6, 6.07) is 19.2. The number of nitrogens with zero attached hydrogens (tertiary/aromatic N) is 2. The average Bonchev–Trinajstić information content (AvgIpc) is 3.44. The Morgan fingerprint density at radius 1 is 1.05 bits per heavy atom. The Morgan fingerprint density at radius 2 is 1.68 bits per heavy atom. The monoisotopic (exact) mass is 537 g/mol. The van der Waals surface area contributed by atoms with Gasteiger partial charge in [-0.05, 0) is 47.2 Å². The first kappa shape index (κ1) is 26.0. The second kappa shape index (κ2) is 9.93. The normalized spacial score (nSPS) is 19.7. The van der Waals surface area contributed by atoms with E-state index in [0.29, 0.717) is 39.9 Å². The van der Waals surface area contributed by atoms with E-state index in [1.807, 2.05) is 24.3 Å². The maximum absolute atomic E-state index is 14.3. The van der Waals surface area contributed by atoms with Crippen LogP contribution in [-0.4, -0.2) is 46.5 Å². The molecule has 0 radical (unpaired) electrons. The van der Waals surface area contributed by atoms with E-state index in [-0.39, 0.29) is 25.9 Å². The third kappa shape index (κ3) is 4.18. The second-order valence-electron chi connectivity index (χ2n) is 9.67. The van der Waals surface area contributed by atoms with Gasteiger partial charge in [-0.3, -0.25) is 14.6 Å². The molecule has 0 bridgehead atoms. The minimum Gasteiger partial charge on any atom is -0.372 e. The quantitative estimate of drug-likeness (QED) is 0.435. The highest BCUT2D eigenvalue weighted by Gasteiger charge is 2.57. The van der Waals surface area contributed by atoms with Crippen molar-refractivity contribution in [3.63, 3.8) is 0 Å². The SMILES string of the molecule is NC(=O)[C@]1(Cc2cc(Cl)ccc2CN=CC(F)F)CCCN1C(=O)C1(O)c2ccccc2-c2ccccc21. The van der Waals surface area contributed by atoms with Crippen LogP contribution >= 0.6 is 11.6 Å². The van der Waals surface area contributed by atoms with Gasteiger partial charge in [0.2, 0.25) is 5.91 Å².